The van der Waals surface area contributed by atoms with Crippen LogP contribution in [0.3, 0.4) is 0 Å². The second-order valence-electron chi connectivity index (χ2n) is 2.31. The minimum atomic E-state index is 0.778. The summed E-state index contributed by atoms with van der Waals surface area (Å²) in [6.45, 7) is 3.24. The summed E-state index contributed by atoms with van der Waals surface area (Å²) in [6, 6.07) is 0. The molecule has 0 aliphatic carbocycles. The monoisotopic (exact) mass is 115 g/mol. The smallest absolute Gasteiger partial charge is 0.0503 e. The Morgan fingerprint density at radius 2 is 2.62 bits per heavy atom. The summed E-state index contributed by atoms with van der Waals surface area (Å²) in [6.07, 6.45) is 1.29. The van der Waals surface area contributed by atoms with E-state index < -0.39 is 0 Å². The lowest BCUT2D eigenvalue weighted by Gasteiger charge is -2.03. The minimum absolute atomic E-state index is 0.778. The summed E-state index contributed by atoms with van der Waals surface area (Å²) in [5.41, 5.74) is 0. The van der Waals surface area contributed by atoms with Gasteiger partial charge in [-0.05, 0) is 18.9 Å². The zero-order valence-corrected chi connectivity index (χ0v) is 5.31. The van der Waals surface area contributed by atoms with Crippen LogP contribution in [0.2, 0.25) is 0 Å². The first-order valence-corrected chi connectivity index (χ1v) is 3.13. The van der Waals surface area contributed by atoms with Gasteiger partial charge in [-0.25, -0.2) is 0 Å². The van der Waals surface area contributed by atoms with Crippen molar-refractivity contribution in [1.29, 1.82) is 0 Å². The van der Waals surface area contributed by atoms with Gasteiger partial charge < -0.3 is 10.1 Å². The summed E-state index contributed by atoms with van der Waals surface area (Å²) >= 11 is 0. The molecule has 0 aromatic heterocycles. The third-order valence-corrected chi connectivity index (χ3v) is 1.56. The molecule has 1 saturated heterocycles. The van der Waals surface area contributed by atoms with Crippen LogP contribution in [-0.4, -0.2) is 26.8 Å². The van der Waals surface area contributed by atoms with Crippen molar-refractivity contribution in [3.05, 3.63) is 0 Å². The van der Waals surface area contributed by atoms with Crippen molar-refractivity contribution in [2.24, 2.45) is 5.92 Å². The van der Waals surface area contributed by atoms with Crippen molar-refractivity contribution in [1.82, 2.24) is 5.32 Å². The van der Waals surface area contributed by atoms with Crippen molar-refractivity contribution in [3.63, 3.8) is 0 Å². The highest BCUT2D eigenvalue weighted by Crippen LogP contribution is 2.05. The third-order valence-electron chi connectivity index (χ3n) is 1.56. The van der Waals surface area contributed by atoms with Gasteiger partial charge in [-0.3, -0.25) is 0 Å². The Labute approximate surface area is 50.2 Å². The molecule has 0 aromatic carbocycles. The van der Waals surface area contributed by atoms with Crippen LogP contribution in [0.5, 0.6) is 0 Å². The second-order valence-corrected chi connectivity index (χ2v) is 2.31. The zero-order chi connectivity index (χ0) is 5.82. The molecule has 1 aliphatic heterocycles. The van der Waals surface area contributed by atoms with Gasteiger partial charge in [0.25, 0.3) is 0 Å². The standard InChI is InChI=1S/C6H13NO/c1-8-5-6-2-3-7-4-6/h6-7H,2-5H2,1H3/t6-/m0/s1. The lowest BCUT2D eigenvalue weighted by Crippen LogP contribution is -2.12. The van der Waals surface area contributed by atoms with Gasteiger partial charge in [-0.15, -0.1) is 0 Å². The number of hydrogen-bond acceptors (Lipinski definition) is 2. The number of methoxy groups -OCH3 is 1. The predicted octanol–water partition coefficient (Wildman–Crippen LogP) is 0.242. The molecule has 0 bridgehead atoms. The Bertz CT molecular complexity index is 59.5. The Kier molecular flexibility index (Phi) is 2.30. The van der Waals surface area contributed by atoms with Crippen LogP contribution in [0.1, 0.15) is 6.42 Å². The maximum Gasteiger partial charge on any atom is 0.0503 e. The fourth-order valence-electron chi connectivity index (χ4n) is 1.09. The lowest BCUT2D eigenvalue weighted by atomic mass is 10.1. The molecule has 2 heteroatoms. The molecule has 1 N–H and O–H groups in total. The van der Waals surface area contributed by atoms with Crippen LogP contribution in [0.4, 0.5) is 0 Å². The van der Waals surface area contributed by atoms with Crippen LogP contribution >= 0.6 is 0 Å². The molecule has 1 rings (SSSR count). The average Bonchev–Trinajstić information content (AvgIpc) is 2.19. The van der Waals surface area contributed by atoms with E-state index in [1.54, 1.807) is 7.11 Å². The summed E-state index contributed by atoms with van der Waals surface area (Å²) in [4.78, 5) is 0. The second kappa shape index (κ2) is 3.05. The van der Waals surface area contributed by atoms with Gasteiger partial charge in [-0.1, -0.05) is 0 Å². The van der Waals surface area contributed by atoms with Crippen molar-refractivity contribution in [3.8, 4) is 0 Å². The first kappa shape index (κ1) is 6.05. The molecule has 0 spiro atoms. The first-order valence-electron chi connectivity index (χ1n) is 3.13. The Morgan fingerprint density at radius 1 is 1.75 bits per heavy atom. The number of nitrogens with one attached hydrogen (secondary N) is 1. The van der Waals surface area contributed by atoms with Crippen molar-refractivity contribution >= 4 is 0 Å². The van der Waals surface area contributed by atoms with Crippen molar-refractivity contribution in [2.45, 2.75) is 6.42 Å². The molecule has 0 saturated carbocycles. The van der Waals surface area contributed by atoms with E-state index in [4.69, 9.17) is 4.74 Å². The summed E-state index contributed by atoms with van der Waals surface area (Å²) in [5.74, 6) is 0.778. The van der Waals surface area contributed by atoms with Gasteiger partial charge in [0.15, 0.2) is 0 Å². The van der Waals surface area contributed by atoms with Crippen LogP contribution in [0.15, 0.2) is 0 Å². The van der Waals surface area contributed by atoms with E-state index in [-0.39, 0.29) is 0 Å². The number of hydrogen-bond donors (Lipinski definition) is 1. The van der Waals surface area contributed by atoms with E-state index >= 15 is 0 Å². The molecule has 2 nitrogen and oxygen atoms in total. The first-order chi connectivity index (χ1) is 3.93. The Balaban J connectivity index is 2.06. The minimum Gasteiger partial charge on any atom is -0.384 e. The van der Waals surface area contributed by atoms with Gasteiger partial charge in [0.1, 0.15) is 0 Å². The molecule has 1 aliphatic rings. The Morgan fingerprint density at radius 3 is 3.12 bits per heavy atom. The molecule has 0 aromatic rings. The van der Waals surface area contributed by atoms with E-state index in [2.05, 4.69) is 5.32 Å². The summed E-state index contributed by atoms with van der Waals surface area (Å²) < 4.78 is 4.99. The molecule has 0 radical (unpaired) electrons. The van der Waals surface area contributed by atoms with Gasteiger partial charge in [0.2, 0.25) is 0 Å². The van der Waals surface area contributed by atoms with Gasteiger partial charge >= 0.3 is 0 Å². The molecule has 1 atom stereocenters. The van der Waals surface area contributed by atoms with E-state index in [9.17, 15) is 0 Å². The molecule has 8 heavy (non-hydrogen) atoms. The van der Waals surface area contributed by atoms with E-state index in [1.807, 2.05) is 0 Å². The third kappa shape index (κ3) is 1.46. The molecule has 0 amide bonds. The predicted molar refractivity (Wildman–Crippen MR) is 32.9 cm³/mol. The van der Waals surface area contributed by atoms with E-state index in [0.29, 0.717) is 0 Å². The quantitative estimate of drug-likeness (QED) is 0.556. The van der Waals surface area contributed by atoms with Gasteiger partial charge in [-0.2, -0.15) is 0 Å². The number of ether oxygens (including phenoxy) is 1. The van der Waals surface area contributed by atoms with E-state index in [1.165, 1.54) is 13.0 Å². The molecule has 1 fully saturated rings. The van der Waals surface area contributed by atoms with Crippen LogP contribution < -0.4 is 5.32 Å². The zero-order valence-electron chi connectivity index (χ0n) is 5.31. The molecule has 48 valence electrons. The van der Waals surface area contributed by atoms with Gasteiger partial charge in [0, 0.05) is 13.7 Å². The van der Waals surface area contributed by atoms with Crippen LogP contribution in [0.25, 0.3) is 0 Å². The van der Waals surface area contributed by atoms with Gasteiger partial charge in [0.05, 0.1) is 6.61 Å². The SMILES string of the molecule is COC[C@H]1CCNC1. The van der Waals surface area contributed by atoms with E-state index in [0.717, 1.165) is 19.1 Å². The molecule has 0 unspecified atom stereocenters. The highest BCUT2D eigenvalue weighted by atomic mass is 16.5. The van der Waals surface area contributed by atoms with Crippen molar-refractivity contribution < 1.29 is 4.74 Å². The van der Waals surface area contributed by atoms with Crippen molar-refractivity contribution in [2.75, 3.05) is 26.8 Å². The maximum absolute atomic E-state index is 4.99. The fourth-order valence-corrected chi connectivity index (χ4v) is 1.09. The average molecular weight is 115 g/mol. The topological polar surface area (TPSA) is 21.3 Å². The fraction of sp³-hybridized carbons (Fsp3) is 1.00. The highest BCUT2D eigenvalue weighted by molar-refractivity contribution is 4.69. The van der Waals surface area contributed by atoms with Crippen LogP contribution in [-0.2, 0) is 4.74 Å². The molecular weight excluding hydrogens is 102 g/mol. The summed E-state index contributed by atoms with van der Waals surface area (Å²) in [5, 5.41) is 3.28. The van der Waals surface area contributed by atoms with Crippen LogP contribution in [0, 0.1) is 5.92 Å². The maximum atomic E-state index is 4.99. The number of rotatable bonds is 2. The normalized spacial score (nSPS) is 28.9. The molecule has 1 heterocycles. The molecular formula is C6H13NO. The Hall–Kier alpha value is -0.0800. The lowest BCUT2D eigenvalue weighted by molar-refractivity contribution is 0.160. The summed E-state index contributed by atoms with van der Waals surface area (Å²) in [7, 11) is 1.76. The highest BCUT2D eigenvalue weighted by Gasteiger charge is 2.12. The largest absolute Gasteiger partial charge is 0.384 e.